The van der Waals surface area contributed by atoms with Crippen LogP contribution < -0.4 is 10.6 Å². The van der Waals surface area contributed by atoms with Gasteiger partial charge in [-0.05, 0) is 43.2 Å². The van der Waals surface area contributed by atoms with Gasteiger partial charge in [0.05, 0.1) is 11.0 Å². The Morgan fingerprint density at radius 3 is 0.963 bits per heavy atom. The summed E-state index contributed by atoms with van der Waals surface area (Å²) in [5.74, 6) is 0.146. The van der Waals surface area contributed by atoms with E-state index in [0.29, 0.717) is 12.8 Å². The zero-order valence-corrected chi connectivity index (χ0v) is 34.9. The van der Waals surface area contributed by atoms with Crippen LogP contribution >= 0.6 is 0 Å². The molecule has 3 rings (SSSR count). The molecule has 2 amide bonds. The molecule has 0 saturated heterocycles. The van der Waals surface area contributed by atoms with E-state index in [-0.39, 0.29) is 11.8 Å². The van der Waals surface area contributed by atoms with Crippen molar-refractivity contribution in [3.63, 3.8) is 0 Å². The van der Waals surface area contributed by atoms with Gasteiger partial charge in [-0.15, -0.1) is 0 Å². The molecule has 2 aromatic carbocycles. The van der Waals surface area contributed by atoms with Crippen molar-refractivity contribution in [3.8, 4) is 0 Å². The number of nitrogens with zero attached hydrogens (tertiary/aromatic N) is 1. The number of pyridine rings is 1. The fourth-order valence-electron chi connectivity index (χ4n) is 7.74. The number of benzene rings is 2. The van der Waals surface area contributed by atoms with E-state index in [9.17, 15) is 9.59 Å². The van der Waals surface area contributed by atoms with Crippen molar-refractivity contribution in [1.29, 1.82) is 0 Å². The molecule has 0 aliphatic carbocycles. The number of unbranched alkanes of at least 4 members (excludes halogenated alkanes) is 28. The molecular weight excluding hydrogens is 663 g/mol. The van der Waals surface area contributed by atoms with E-state index < -0.39 is 0 Å². The Hall–Kier alpha value is -2.95. The second kappa shape index (κ2) is 30.3. The molecule has 0 saturated carbocycles. The van der Waals surface area contributed by atoms with Gasteiger partial charge in [-0.1, -0.05) is 206 Å². The minimum atomic E-state index is 0.0731. The summed E-state index contributed by atoms with van der Waals surface area (Å²) >= 11 is 0. The molecule has 0 aliphatic heterocycles. The molecule has 0 unspecified atom stereocenters. The first-order valence-electron chi connectivity index (χ1n) is 23.0. The molecule has 5 nitrogen and oxygen atoms in total. The number of hydrogen-bond donors (Lipinski definition) is 2. The van der Waals surface area contributed by atoms with Crippen molar-refractivity contribution in [2.24, 2.45) is 0 Å². The van der Waals surface area contributed by atoms with Crippen LogP contribution in [0.25, 0.3) is 21.8 Å². The van der Waals surface area contributed by atoms with Gasteiger partial charge in [0, 0.05) is 35.0 Å². The molecule has 1 heterocycles. The van der Waals surface area contributed by atoms with Crippen molar-refractivity contribution in [1.82, 2.24) is 4.98 Å². The van der Waals surface area contributed by atoms with Gasteiger partial charge in [0.1, 0.15) is 0 Å². The second-order valence-electron chi connectivity index (χ2n) is 16.3. The maximum atomic E-state index is 12.7. The van der Waals surface area contributed by atoms with Crippen LogP contribution in [0.3, 0.4) is 0 Å². The summed E-state index contributed by atoms with van der Waals surface area (Å²) in [6.45, 7) is 4.56. The average Bonchev–Trinajstić information content (AvgIpc) is 3.17. The zero-order chi connectivity index (χ0) is 38.3. The van der Waals surface area contributed by atoms with Crippen LogP contribution in [-0.4, -0.2) is 16.8 Å². The number of fused-ring (bicyclic) bond motifs is 2. The molecule has 302 valence electrons. The molecule has 0 aliphatic rings. The van der Waals surface area contributed by atoms with Crippen molar-refractivity contribution < 1.29 is 9.59 Å². The van der Waals surface area contributed by atoms with Gasteiger partial charge in [-0.3, -0.25) is 9.59 Å². The highest BCUT2D eigenvalue weighted by Crippen LogP contribution is 2.25. The van der Waals surface area contributed by atoms with Crippen LogP contribution in [0.4, 0.5) is 11.4 Å². The number of hydrogen-bond acceptors (Lipinski definition) is 3. The average molecular weight is 742 g/mol. The van der Waals surface area contributed by atoms with Gasteiger partial charge in [0.2, 0.25) is 11.8 Å². The zero-order valence-electron chi connectivity index (χ0n) is 34.9. The summed E-state index contributed by atoms with van der Waals surface area (Å²) in [5.41, 5.74) is 3.25. The lowest BCUT2D eigenvalue weighted by molar-refractivity contribution is -0.117. The summed E-state index contributed by atoms with van der Waals surface area (Å²) < 4.78 is 0. The minimum absolute atomic E-state index is 0.0731. The Labute approximate surface area is 331 Å². The fraction of sp³-hybridized carbons (Fsp3) is 0.694. The highest BCUT2D eigenvalue weighted by molar-refractivity contribution is 5.99. The van der Waals surface area contributed by atoms with Gasteiger partial charge < -0.3 is 10.6 Å². The first-order valence-corrected chi connectivity index (χ1v) is 23.0. The van der Waals surface area contributed by atoms with Crippen LogP contribution in [0, 0.1) is 0 Å². The Bertz CT molecular complexity index is 1320. The lowest BCUT2D eigenvalue weighted by Crippen LogP contribution is -2.11. The van der Waals surface area contributed by atoms with Crippen molar-refractivity contribution >= 4 is 45.0 Å². The Morgan fingerprint density at radius 2 is 0.667 bits per heavy atom. The van der Waals surface area contributed by atoms with Crippen molar-refractivity contribution in [2.75, 3.05) is 10.6 Å². The smallest absolute Gasteiger partial charge is 0.224 e. The van der Waals surface area contributed by atoms with Crippen LogP contribution in [0.5, 0.6) is 0 Å². The molecule has 54 heavy (non-hydrogen) atoms. The predicted molar refractivity (Wildman–Crippen MR) is 236 cm³/mol. The Balaban J connectivity index is 1.24. The third-order valence-corrected chi connectivity index (χ3v) is 11.2. The SMILES string of the molecule is CCCCCCCCCCCCCCCCCC(=O)Nc1ccc2cc3ccc(NC(=O)CCCCCCCCCCCCCCCCC)cc3nc2c1. The van der Waals surface area contributed by atoms with Crippen LogP contribution in [0.2, 0.25) is 0 Å². The standard InChI is InChI=1S/C49H79N3O2/c1-3-5-7-9-11-13-15-17-19-21-23-25-27-29-31-33-48(53)50-44-37-35-42-39-43-36-38-45(41-47(43)52-46(42)40-44)51-49(54)34-32-30-28-26-24-22-20-18-16-14-12-10-8-6-4-2/h35-41H,3-34H2,1-2H3,(H,50,53)(H,51,54). The summed E-state index contributed by atoms with van der Waals surface area (Å²) in [7, 11) is 0. The fourth-order valence-corrected chi connectivity index (χ4v) is 7.74. The summed E-state index contributed by atoms with van der Waals surface area (Å²) in [6, 6.07) is 14.0. The highest BCUT2D eigenvalue weighted by Gasteiger charge is 2.08. The normalized spacial score (nSPS) is 11.4. The number of aromatic nitrogens is 1. The molecule has 3 aromatic rings. The maximum Gasteiger partial charge on any atom is 0.224 e. The predicted octanol–water partition coefficient (Wildman–Crippen LogP) is 15.8. The second-order valence-corrected chi connectivity index (χ2v) is 16.3. The topological polar surface area (TPSA) is 71.1 Å². The summed E-state index contributed by atoms with van der Waals surface area (Å²) in [4.78, 5) is 30.3. The van der Waals surface area contributed by atoms with Gasteiger partial charge in [0.15, 0.2) is 0 Å². The Morgan fingerprint density at radius 1 is 0.389 bits per heavy atom. The van der Waals surface area contributed by atoms with E-state index in [1.165, 1.54) is 167 Å². The van der Waals surface area contributed by atoms with E-state index >= 15 is 0 Å². The van der Waals surface area contributed by atoms with E-state index in [1.807, 2.05) is 36.4 Å². The molecule has 0 radical (unpaired) electrons. The van der Waals surface area contributed by atoms with E-state index in [0.717, 1.165) is 58.9 Å². The van der Waals surface area contributed by atoms with Crippen LogP contribution in [0.15, 0.2) is 42.5 Å². The number of nitrogens with one attached hydrogen (secondary N) is 2. The van der Waals surface area contributed by atoms with Gasteiger partial charge in [-0.2, -0.15) is 0 Å². The number of amides is 2. The molecule has 0 fully saturated rings. The number of carbonyl (C=O) groups excluding carboxylic acids is 2. The molecule has 0 bridgehead atoms. The van der Waals surface area contributed by atoms with Gasteiger partial charge in [0.25, 0.3) is 0 Å². The minimum Gasteiger partial charge on any atom is -0.326 e. The Kier molecular flexibility index (Phi) is 25.5. The largest absolute Gasteiger partial charge is 0.326 e. The highest BCUT2D eigenvalue weighted by atomic mass is 16.2. The first kappa shape index (κ1) is 45.4. The van der Waals surface area contributed by atoms with E-state index in [2.05, 4.69) is 30.5 Å². The van der Waals surface area contributed by atoms with Gasteiger partial charge >= 0.3 is 0 Å². The molecule has 2 N–H and O–H groups in total. The third kappa shape index (κ3) is 21.2. The molecule has 0 atom stereocenters. The quantitative estimate of drug-likeness (QED) is 0.0473. The van der Waals surface area contributed by atoms with Crippen molar-refractivity contribution in [3.05, 3.63) is 42.5 Å². The summed E-state index contributed by atoms with van der Waals surface area (Å²) in [6.07, 6.45) is 40.8. The molecular formula is C49H79N3O2. The number of carbonyl (C=O) groups is 2. The number of rotatable bonds is 34. The summed E-state index contributed by atoms with van der Waals surface area (Å²) in [5, 5.41) is 8.24. The molecule has 1 aromatic heterocycles. The molecule has 5 heteroatoms. The molecule has 0 spiro atoms. The monoisotopic (exact) mass is 742 g/mol. The van der Waals surface area contributed by atoms with E-state index in [1.54, 1.807) is 0 Å². The van der Waals surface area contributed by atoms with Gasteiger partial charge in [-0.25, -0.2) is 4.98 Å². The number of anilines is 2. The van der Waals surface area contributed by atoms with Crippen LogP contribution in [-0.2, 0) is 9.59 Å². The maximum absolute atomic E-state index is 12.7. The van der Waals surface area contributed by atoms with E-state index in [4.69, 9.17) is 4.98 Å². The lowest BCUT2D eigenvalue weighted by Gasteiger charge is -2.09. The lowest BCUT2D eigenvalue weighted by atomic mass is 10.0. The third-order valence-electron chi connectivity index (χ3n) is 11.2. The first-order chi connectivity index (χ1) is 26.6. The van der Waals surface area contributed by atoms with Crippen molar-refractivity contribution in [2.45, 2.75) is 219 Å². The van der Waals surface area contributed by atoms with Crippen LogP contribution in [0.1, 0.15) is 219 Å².